The van der Waals surface area contributed by atoms with Crippen molar-refractivity contribution in [3.63, 3.8) is 0 Å². The summed E-state index contributed by atoms with van der Waals surface area (Å²) >= 11 is 3.09. The zero-order valence-electron chi connectivity index (χ0n) is 11.4. The Balaban J connectivity index is 2.94. The van der Waals surface area contributed by atoms with Gasteiger partial charge in [-0.25, -0.2) is 17.5 Å². The summed E-state index contributed by atoms with van der Waals surface area (Å²) in [6.45, 7) is 3.98. The van der Waals surface area contributed by atoms with Gasteiger partial charge in [-0.3, -0.25) is 0 Å². The topological polar surface area (TPSA) is 49.4 Å². The molecule has 0 amide bonds. The summed E-state index contributed by atoms with van der Waals surface area (Å²) in [6.07, 6.45) is 0. The van der Waals surface area contributed by atoms with E-state index in [-0.39, 0.29) is 17.0 Å². The van der Waals surface area contributed by atoms with Crippen molar-refractivity contribution in [1.82, 2.24) is 9.62 Å². The predicted molar refractivity (Wildman–Crippen MR) is 77.1 cm³/mol. The molecule has 0 unspecified atom stereocenters. The van der Waals surface area contributed by atoms with Crippen LogP contribution in [0.25, 0.3) is 0 Å². The van der Waals surface area contributed by atoms with Crippen molar-refractivity contribution in [3.8, 4) is 0 Å². The van der Waals surface area contributed by atoms with E-state index in [0.29, 0.717) is 4.47 Å². The molecule has 1 N–H and O–H groups in total. The fraction of sp³-hybridized carbons (Fsp3) is 0.500. The highest BCUT2D eigenvalue weighted by atomic mass is 79.9. The Morgan fingerprint density at radius 2 is 1.95 bits per heavy atom. The van der Waals surface area contributed by atoms with Gasteiger partial charge in [0.15, 0.2) is 0 Å². The summed E-state index contributed by atoms with van der Waals surface area (Å²) < 4.78 is 40.7. The minimum Gasteiger partial charge on any atom is -0.303 e. The van der Waals surface area contributed by atoms with Crippen molar-refractivity contribution >= 4 is 26.0 Å². The molecule has 4 nitrogen and oxygen atoms in total. The molecule has 1 rings (SSSR count). The van der Waals surface area contributed by atoms with E-state index >= 15 is 0 Å². The fourth-order valence-electron chi connectivity index (χ4n) is 1.20. The van der Waals surface area contributed by atoms with Gasteiger partial charge in [0, 0.05) is 16.6 Å². The highest BCUT2D eigenvalue weighted by Gasteiger charge is 2.25. The van der Waals surface area contributed by atoms with Crippen LogP contribution >= 0.6 is 15.9 Å². The molecule has 0 heterocycles. The van der Waals surface area contributed by atoms with Crippen molar-refractivity contribution in [2.45, 2.75) is 24.3 Å². The summed E-state index contributed by atoms with van der Waals surface area (Å²) in [5, 5.41) is 0. The van der Waals surface area contributed by atoms with E-state index in [0.717, 1.165) is 6.07 Å². The van der Waals surface area contributed by atoms with Crippen LogP contribution in [0, 0.1) is 5.82 Å². The van der Waals surface area contributed by atoms with Crippen LogP contribution in [0.1, 0.15) is 13.8 Å². The predicted octanol–water partition coefficient (Wildman–Crippen LogP) is 2.21. The molecule has 0 fully saturated rings. The number of halogens is 2. The van der Waals surface area contributed by atoms with Crippen LogP contribution in [0.4, 0.5) is 4.39 Å². The molecule has 7 heteroatoms. The van der Waals surface area contributed by atoms with Gasteiger partial charge in [0.25, 0.3) is 0 Å². The third-order valence-corrected chi connectivity index (χ3v) is 5.02. The molecule has 19 heavy (non-hydrogen) atoms. The Morgan fingerprint density at radius 1 is 1.37 bits per heavy atom. The van der Waals surface area contributed by atoms with E-state index in [1.807, 2.05) is 32.8 Å². The number of nitrogens with one attached hydrogen (secondary N) is 1. The molecule has 0 aliphatic rings. The van der Waals surface area contributed by atoms with Crippen LogP contribution in [0.2, 0.25) is 0 Å². The molecular weight excluding hydrogens is 335 g/mol. The Hall–Kier alpha value is -0.500. The van der Waals surface area contributed by atoms with Crippen molar-refractivity contribution in [1.29, 1.82) is 0 Å². The molecule has 0 atom stereocenters. The zero-order valence-corrected chi connectivity index (χ0v) is 13.8. The van der Waals surface area contributed by atoms with Crippen LogP contribution < -0.4 is 4.72 Å². The molecule has 1 aromatic rings. The average Bonchev–Trinajstić information content (AvgIpc) is 2.26. The standard InChI is InChI=1S/C12H18BrFN2O2S/c1-12(2,16(3)4)8-15-19(17,18)11-6-5-9(13)7-10(11)14/h5-7,15H,8H2,1-4H3. The molecular formula is C12H18BrFN2O2S. The Kier molecular flexibility index (Phi) is 5.11. The first-order chi connectivity index (χ1) is 8.56. The normalized spacial score (nSPS) is 13.0. The second kappa shape index (κ2) is 5.87. The lowest BCUT2D eigenvalue weighted by molar-refractivity contribution is 0.199. The lowest BCUT2D eigenvalue weighted by Crippen LogP contribution is -2.48. The van der Waals surface area contributed by atoms with Crippen molar-refractivity contribution in [2.75, 3.05) is 20.6 Å². The maximum atomic E-state index is 13.7. The van der Waals surface area contributed by atoms with Crippen LogP contribution in [-0.4, -0.2) is 39.5 Å². The first-order valence-corrected chi connectivity index (χ1v) is 7.96. The molecule has 108 valence electrons. The number of rotatable bonds is 5. The third-order valence-electron chi connectivity index (χ3n) is 3.09. The second-order valence-electron chi connectivity index (χ2n) is 5.11. The number of likely N-dealkylation sites (N-methyl/N-ethyl adjacent to an activating group) is 1. The summed E-state index contributed by atoms with van der Waals surface area (Å²) in [5.74, 6) is -0.774. The minimum atomic E-state index is -3.85. The van der Waals surface area contributed by atoms with Crippen LogP contribution in [-0.2, 0) is 10.0 Å². The van der Waals surface area contributed by atoms with E-state index in [2.05, 4.69) is 20.7 Å². The second-order valence-corrected chi connectivity index (χ2v) is 7.76. The van der Waals surface area contributed by atoms with Crippen molar-refractivity contribution in [2.24, 2.45) is 0 Å². The fourth-order valence-corrected chi connectivity index (χ4v) is 2.80. The third kappa shape index (κ3) is 4.24. The highest BCUT2D eigenvalue weighted by molar-refractivity contribution is 9.10. The van der Waals surface area contributed by atoms with Gasteiger partial charge in [0.2, 0.25) is 10.0 Å². The lowest BCUT2D eigenvalue weighted by Gasteiger charge is -2.32. The first kappa shape index (κ1) is 16.6. The van der Waals surface area contributed by atoms with Crippen LogP contribution in [0.5, 0.6) is 0 Å². The van der Waals surface area contributed by atoms with Crippen LogP contribution in [0.3, 0.4) is 0 Å². The summed E-state index contributed by atoms with van der Waals surface area (Å²) in [7, 11) is -0.136. The summed E-state index contributed by atoms with van der Waals surface area (Å²) in [5.41, 5.74) is -0.362. The van der Waals surface area contributed by atoms with Crippen LogP contribution in [0.15, 0.2) is 27.6 Å². The van der Waals surface area contributed by atoms with Gasteiger partial charge in [-0.1, -0.05) is 15.9 Å². The average molecular weight is 353 g/mol. The van der Waals surface area contributed by atoms with Gasteiger partial charge >= 0.3 is 0 Å². The van der Waals surface area contributed by atoms with E-state index < -0.39 is 15.8 Å². The van der Waals surface area contributed by atoms with Crippen molar-refractivity contribution in [3.05, 3.63) is 28.5 Å². The number of hydrogen-bond acceptors (Lipinski definition) is 3. The van der Waals surface area contributed by atoms with E-state index in [4.69, 9.17) is 0 Å². The lowest BCUT2D eigenvalue weighted by atomic mass is 10.1. The SMILES string of the molecule is CN(C)C(C)(C)CNS(=O)(=O)c1ccc(Br)cc1F. The molecule has 0 bridgehead atoms. The minimum absolute atomic E-state index is 0.192. The van der Waals surface area contributed by atoms with Gasteiger partial charge < -0.3 is 4.90 Å². The molecule has 0 aliphatic heterocycles. The molecule has 0 saturated heterocycles. The number of hydrogen-bond donors (Lipinski definition) is 1. The molecule has 1 aromatic carbocycles. The number of sulfonamides is 1. The van der Waals surface area contributed by atoms with Gasteiger partial charge in [0.05, 0.1) is 0 Å². The maximum Gasteiger partial charge on any atom is 0.243 e. The number of benzene rings is 1. The van der Waals surface area contributed by atoms with E-state index in [9.17, 15) is 12.8 Å². The monoisotopic (exact) mass is 352 g/mol. The van der Waals surface area contributed by atoms with E-state index in [1.165, 1.54) is 12.1 Å². The Labute approximate surface area is 122 Å². The molecule has 0 aliphatic carbocycles. The van der Waals surface area contributed by atoms with Gasteiger partial charge in [-0.15, -0.1) is 0 Å². The molecule has 0 spiro atoms. The van der Waals surface area contributed by atoms with Gasteiger partial charge in [-0.05, 0) is 46.1 Å². The molecule has 0 saturated carbocycles. The Bertz CT molecular complexity index is 559. The van der Waals surface area contributed by atoms with Crippen molar-refractivity contribution < 1.29 is 12.8 Å². The van der Waals surface area contributed by atoms with Gasteiger partial charge in [-0.2, -0.15) is 0 Å². The zero-order chi connectivity index (χ0) is 14.8. The first-order valence-electron chi connectivity index (χ1n) is 5.68. The molecule has 0 radical (unpaired) electrons. The molecule has 0 aromatic heterocycles. The summed E-state index contributed by atoms with van der Waals surface area (Å²) in [6, 6.07) is 3.87. The van der Waals surface area contributed by atoms with Gasteiger partial charge in [0.1, 0.15) is 10.7 Å². The number of nitrogens with zero attached hydrogens (tertiary/aromatic N) is 1. The maximum absolute atomic E-state index is 13.7. The quantitative estimate of drug-likeness (QED) is 0.883. The highest BCUT2D eigenvalue weighted by Crippen LogP contribution is 2.19. The smallest absolute Gasteiger partial charge is 0.243 e. The largest absolute Gasteiger partial charge is 0.303 e. The van der Waals surface area contributed by atoms with E-state index in [1.54, 1.807) is 0 Å². The Morgan fingerprint density at radius 3 is 2.42 bits per heavy atom. The summed E-state index contributed by atoms with van der Waals surface area (Å²) in [4.78, 5) is 1.55.